The lowest BCUT2D eigenvalue weighted by molar-refractivity contribution is -0.122. The first-order chi connectivity index (χ1) is 15.5. The molecule has 0 saturated carbocycles. The number of hydrogen-bond donors (Lipinski definition) is 3. The minimum Gasteiger partial charge on any atom is -0.493 e. The Kier molecular flexibility index (Phi) is 7.10. The van der Waals surface area contributed by atoms with Crippen LogP contribution in [0.3, 0.4) is 0 Å². The zero-order valence-corrected chi connectivity index (χ0v) is 18.6. The number of piperidine rings is 1. The molecule has 2 aromatic carbocycles. The molecule has 170 valence electrons. The van der Waals surface area contributed by atoms with Crippen molar-refractivity contribution in [1.82, 2.24) is 10.6 Å². The molecule has 2 aliphatic rings. The van der Waals surface area contributed by atoms with Crippen LogP contribution in [0.5, 0.6) is 5.75 Å². The van der Waals surface area contributed by atoms with Gasteiger partial charge in [0.05, 0.1) is 11.7 Å². The number of carbonyl (C=O) groups excluding carboxylic acids is 1. The van der Waals surface area contributed by atoms with Crippen LogP contribution >= 0.6 is 11.8 Å². The summed E-state index contributed by atoms with van der Waals surface area (Å²) in [5.41, 5.74) is 0.598. The number of benzene rings is 2. The molecule has 32 heavy (non-hydrogen) atoms. The minimum atomic E-state index is -0.998. The van der Waals surface area contributed by atoms with Gasteiger partial charge in [0.1, 0.15) is 22.3 Å². The summed E-state index contributed by atoms with van der Waals surface area (Å²) in [6.45, 7) is 1.32. The van der Waals surface area contributed by atoms with Crippen molar-refractivity contribution in [1.29, 1.82) is 5.41 Å². The highest BCUT2D eigenvalue weighted by molar-refractivity contribution is 8.15. The lowest BCUT2D eigenvalue weighted by Crippen LogP contribution is -2.47. The monoisotopic (exact) mass is 459 g/mol. The lowest BCUT2D eigenvalue weighted by Gasteiger charge is -2.39. The van der Waals surface area contributed by atoms with Crippen LogP contribution in [0.15, 0.2) is 42.5 Å². The molecule has 2 atom stereocenters. The summed E-state index contributed by atoms with van der Waals surface area (Å²) in [7, 11) is 0. The van der Waals surface area contributed by atoms with Crippen LogP contribution in [0.4, 0.5) is 8.78 Å². The molecule has 1 saturated heterocycles. The number of rotatable bonds is 6. The van der Waals surface area contributed by atoms with Gasteiger partial charge in [-0.3, -0.25) is 10.2 Å². The van der Waals surface area contributed by atoms with Gasteiger partial charge >= 0.3 is 0 Å². The van der Waals surface area contributed by atoms with Gasteiger partial charge in [0.25, 0.3) is 0 Å². The van der Waals surface area contributed by atoms with E-state index in [4.69, 9.17) is 10.1 Å². The molecule has 0 aromatic heterocycles. The summed E-state index contributed by atoms with van der Waals surface area (Å²) in [5.74, 6) is -0.798. The van der Waals surface area contributed by atoms with Crippen LogP contribution in [-0.2, 0) is 9.67 Å². The van der Waals surface area contributed by atoms with Crippen molar-refractivity contribution in [3.63, 3.8) is 0 Å². The first-order valence-electron chi connectivity index (χ1n) is 11.0. The fourth-order valence-corrected chi connectivity index (χ4v) is 5.53. The van der Waals surface area contributed by atoms with Crippen LogP contribution in [0, 0.1) is 17.0 Å². The number of fused-ring (bicyclic) bond motifs is 1. The van der Waals surface area contributed by atoms with Crippen LogP contribution in [0.2, 0.25) is 0 Å². The molecule has 1 fully saturated rings. The third-order valence-electron chi connectivity index (χ3n) is 5.96. The minimum absolute atomic E-state index is 0.126. The molecule has 0 aliphatic carbocycles. The van der Waals surface area contributed by atoms with Gasteiger partial charge in [-0.15, -0.1) is 0 Å². The normalized spacial score (nSPS) is 22.5. The lowest BCUT2D eigenvalue weighted by atomic mass is 9.98. The molecule has 1 amide bonds. The van der Waals surface area contributed by atoms with Gasteiger partial charge in [-0.05, 0) is 50.1 Å². The summed E-state index contributed by atoms with van der Waals surface area (Å²) >= 11 is 1.03. The number of ether oxygens (including phenoxy) is 1. The molecule has 8 heteroatoms. The van der Waals surface area contributed by atoms with E-state index in [9.17, 15) is 13.6 Å². The van der Waals surface area contributed by atoms with Gasteiger partial charge < -0.3 is 15.4 Å². The van der Waals surface area contributed by atoms with Gasteiger partial charge in [0.15, 0.2) is 0 Å². The van der Waals surface area contributed by atoms with Gasteiger partial charge in [-0.2, -0.15) is 0 Å². The number of nitrogens with one attached hydrogen (secondary N) is 3. The van der Waals surface area contributed by atoms with E-state index in [0.29, 0.717) is 31.2 Å². The second-order valence-corrected chi connectivity index (χ2v) is 9.52. The number of thioether (sulfide) groups is 1. The summed E-state index contributed by atoms with van der Waals surface area (Å²) in [5, 5.41) is 15.0. The fraction of sp³-hybridized carbons (Fsp3) is 0.417. The number of halogens is 2. The molecule has 3 N–H and O–H groups in total. The smallest absolute Gasteiger partial charge is 0.221 e. The molecule has 0 bridgehead atoms. The average molecular weight is 460 g/mol. The van der Waals surface area contributed by atoms with Crippen LogP contribution in [0.1, 0.15) is 49.7 Å². The van der Waals surface area contributed by atoms with Crippen molar-refractivity contribution in [2.45, 2.75) is 49.4 Å². The van der Waals surface area contributed by atoms with Gasteiger partial charge in [0.2, 0.25) is 5.91 Å². The number of para-hydroxylation sites is 1. The maximum Gasteiger partial charge on any atom is 0.221 e. The Labute approximate surface area is 190 Å². The van der Waals surface area contributed by atoms with Gasteiger partial charge in [0, 0.05) is 30.0 Å². The third kappa shape index (κ3) is 5.13. The maximum atomic E-state index is 14.3. The van der Waals surface area contributed by atoms with E-state index in [2.05, 4.69) is 10.6 Å². The van der Waals surface area contributed by atoms with E-state index in [0.717, 1.165) is 61.3 Å². The maximum absolute atomic E-state index is 14.3. The first kappa shape index (κ1) is 22.7. The first-order valence-corrected chi connectivity index (χ1v) is 11.8. The van der Waals surface area contributed by atoms with Crippen molar-refractivity contribution < 1.29 is 18.3 Å². The van der Waals surface area contributed by atoms with E-state index in [1.165, 1.54) is 6.42 Å². The Morgan fingerprint density at radius 3 is 2.91 bits per heavy atom. The van der Waals surface area contributed by atoms with E-state index >= 15 is 0 Å². The predicted octanol–water partition coefficient (Wildman–Crippen LogP) is 4.70. The highest BCUT2D eigenvalue weighted by Crippen LogP contribution is 2.46. The Bertz CT molecular complexity index is 997. The molecule has 4 rings (SSSR count). The van der Waals surface area contributed by atoms with Crippen LogP contribution < -0.4 is 15.4 Å². The third-order valence-corrected chi connectivity index (χ3v) is 7.26. The van der Waals surface area contributed by atoms with Crippen molar-refractivity contribution in [3.05, 3.63) is 65.2 Å². The molecule has 5 nitrogen and oxygen atoms in total. The molecule has 2 aliphatic heterocycles. The molecule has 2 aromatic rings. The van der Waals surface area contributed by atoms with E-state index in [1.54, 1.807) is 0 Å². The summed E-state index contributed by atoms with van der Waals surface area (Å²) in [4.78, 5) is 12.0. The molecule has 2 unspecified atom stereocenters. The van der Waals surface area contributed by atoms with E-state index in [1.807, 2.05) is 24.3 Å². The second-order valence-electron chi connectivity index (χ2n) is 8.21. The van der Waals surface area contributed by atoms with Crippen LogP contribution in [0.25, 0.3) is 0 Å². The van der Waals surface area contributed by atoms with Crippen molar-refractivity contribution in [2.24, 2.45) is 0 Å². The molecule has 0 spiro atoms. The van der Waals surface area contributed by atoms with Crippen LogP contribution in [-0.4, -0.2) is 30.1 Å². The number of hydrogen-bond acceptors (Lipinski definition) is 5. The van der Waals surface area contributed by atoms with Crippen molar-refractivity contribution in [3.8, 4) is 5.75 Å². The SMILES string of the molecule is N=C(SC1(NC(=O)CCC2CCCCN2)CCOc2ccccc21)c1cc(F)ccc1F. The predicted molar refractivity (Wildman–Crippen MR) is 122 cm³/mol. The summed E-state index contributed by atoms with van der Waals surface area (Å²) < 4.78 is 33.9. The summed E-state index contributed by atoms with van der Waals surface area (Å²) in [6.07, 6.45) is 4.89. The Morgan fingerprint density at radius 1 is 1.25 bits per heavy atom. The van der Waals surface area contributed by atoms with Gasteiger partial charge in [-0.25, -0.2) is 8.78 Å². The van der Waals surface area contributed by atoms with Crippen molar-refractivity contribution in [2.75, 3.05) is 13.2 Å². The van der Waals surface area contributed by atoms with E-state index in [-0.39, 0.29) is 16.5 Å². The second kappa shape index (κ2) is 10.0. The zero-order valence-electron chi connectivity index (χ0n) is 17.8. The van der Waals surface area contributed by atoms with E-state index < -0.39 is 16.5 Å². The Morgan fingerprint density at radius 2 is 2.09 bits per heavy atom. The Hall–Kier alpha value is -2.45. The molecule has 2 heterocycles. The van der Waals surface area contributed by atoms with Gasteiger partial charge in [-0.1, -0.05) is 36.4 Å². The largest absolute Gasteiger partial charge is 0.493 e. The fourth-order valence-electron chi connectivity index (χ4n) is 4.29. The summed E-state index contributed by atoms with van der Waals surface area (Å²) in [6, 6.07) is 10.7. The highest BCUT2D eigenvalue weighted by Gasteiger charge is 2.41. The molecule has 0 radical (unpaired) electrons. The molecular weight excluding hydrogens is 432 g/mol. The standard InChI is InChI=1S/C24H27F2N3O2S/c25-16-8-10-20(26)18(15-16)23(27)32-24(12-14-31-21-7-2-1-6-19(21)24)29-22(30)11-9-17-5-3-4-13-28-17/h1-2,6-8,10,15,17,27-28H,3-5,9,11-14H2,(H,29,30). The quantitative estimate of drug-likeness (QED) is 0.333. The molecular formula is C24H27F2N3O2S. The average Bonchev–Trinajstić information content (AvgIpc) is 2.80. The highest BCUT2D eigenvalue weighted by atomic mass is 32.2. The van der Waals surface area contributed by atoms with Crippen molar-refractivity contribution >= 4 is 22.7 Å². The Balaban J connectivity index is 1.57. The number of carbonyl (C=O) groups is 1. The number of amides is 1. The zero-order chi connectivity index (χ0) is 22.6. The topological polar surface area (TPSA) is 74.2 Å².